The first-order valence-corrected chi connectivity index (χ1v) is 6.38. The van der Waals surface area contributed by atoms with E-state index in [2.05, 4.69) is 65.0 Å². The molecule has 0 nitrogen and oxygen atoms in total. The Hall–Kier alpha value is -1.30. The zero-order valence-corrected chi connectivity index (χ0v) is 11.6. The highest BCUT2D eigenvalue weighted by molar-refractivity contribution is 5.48. The lowest BCUT2D eigenvalue weighted by molar-refractivity contribution is 0.608. The molecule has 0 heteroatoms. The first-order valence-electron chi connectivity index (χ1n) is 6.38. The molecule has 0 saturated heterocycles. The first kappa shape index (κ1) is 12.2. The number of rotatable bonds is 2. The van der Waals surface area contributed by atoms with Gasteiger partial charge in [0.2, 0.25) is 0 Å². The molecule has 0 atom stereocenters. The van der Waals surface area contributed by atoms with Gasteiger partial charge in [0.15, 0.2) is 0 Å². The van der Waals surface area contributed by atoms with E-state index in [-0.39, 0.29) is 5.41 Å². The van der Waals surface area contributed by atoms with E-state index in [4.69, 9.17) is 0 Å². The Bertz CT molecular complexity index is 499. The maximum absolute atomic E-state index is 2.34. The lowest BCUT2D eigenvalue weighted by Crippen LogP contribution is -2.21. The van der Waals surface area contributed by atoms with Crippen molar-refractivity contribution in [2.24, 2.45) is 0 Å². The Labute approximate surface area is 105 Å². The Kier molecular flexibility index (Phi) is 2.99. The molecular weight excluding hydrogens is 204 g/mol. The lowest BCUT2D eigenvalue weighted by Gasteiger charge is -2.30. The normalized spacial score (nSPS) is 15.2. The van der Waals surface area contributed by atoms with Crippen molar-refractivity contribution in [2.45, 2.75) is 46.5 Å². The molecule has 1 aliphatic rings. The maximum Gasteiger partial charge on any atom is 0.0114 e. The highest BCUT2D eigenvalue weighted by Gasteiger charge is 2.27. The lowest BCUT2D eigenvalue weighted by atomic mass is 9.74. The van der Waals surface area contributed by atoms with Gasteiger partial charge in [0, 0.05) is 5.41 Å². The van der Waals surface area contributed by atoms with Crippen LogP contribution in [0.3, 0.4) is 0 Å². The Morgan fingerprint density at radius 3 is 2.29 bits per heavy atom. The SMILES string of the molecule is Cc1ccc(C(C)(C)C2=CC=CC2)c(C)c1C. The zero-order valence-electron chi connectivity index (χ0n) is 11.6. The molecule has 0 N–H and O–H groups in total. The quantitative estimate of drug-likeness (QED) is 0.681. The van der Waals surface area contributed by atoms with E-state index in [1.54, 1.807) is 0 Å². The molecule has 0 aliphatic heterocycles. The summed E-state index contributed by atoms with van der Waals surface area (Å²) in [4.78, 5) is 0. The van der Waals surface area contributed by atoms with E-state index in [1.807, 2.05) is 0 Å². The number of hydrogen-bond donors (Lipinski definition) is 0. The highest BCUT2D eigenvalue weighted by Crippen LogP contribution is 2.38. The molecule has 0 unspecified atom stereocenters. The summed E-state index contributed by atoms with van der Waals surface area (Å²) in [6.45, 7) is 11.3. The minimum absolute atomic E-state index is 0.145. The van der Waals surface area contributed by atoms with Crippen molar-refractivity contribution in [3.05, 3.63) is 58.2 Å². The van der Waals surface area contributed by atoms with Crippen LogP contribution in [0.1, 0.15) is 42.5 Å². The van der Waals surface area contributed by atoms with Crippen LogP contribution in [0.25, 0.3) is 0 Å². The van der Waals surface area contributed by atoms with Crippen LogP contribution < -0.4 is 0 Å². The van der Waals surface area contributed by atoms with Crippen LogP contribution >= 0.6 is 0 Å². The maximum atomic E-state index is 2.34. The molecular formula is C17H22. The Balaban J connectivity index is 2.50. The zero-order chi connectivity index (χ0) is 12.6. The fourth-order valence-electron chi connectivity index (χ4n) is 2.72. The smallest absolute Gasteiger partial charge is 0.0114 e. The fourth-order valence-corrected chi connectivity index (χ4v) is 2.72. The third kappa shape index (κ3) is 1.97. The Morgan fingerprint density at radius 2 is 1.71 bits per heavy atom. The van der Waals surface area contributed by atoms with Crippen LogP contribution in [0, 0.1) is 20.8 Å². The molecule has 0 aromatic heterocycles. The Morgan fingerprint density at radius 1 is 1.00 bits per heavy atom. The molecule has 0 fully saturated rings. The molecule has 0 spiro atoms. The van der Waals surface area contributed by atoms with Gasteiger partial charge in [-0.3, -0.25) is 0 Å². The van der Waals surface area contributed by atoms with Gasteiger partial charge in [-0.05, 0) is 49.4 Å². The van der Waals surface area contributed by atoms with Gasteiger partial charge in [0.05, 0.1) is 0 Å². The van der Waals surface area contributed by atoms with Gasteiger partial charge < -0.3 is 0 Å². The van der Waals surface area contributed by atoms with Crippen LogP contribution in [-0.4, -0.2) is 0 Å². The summed E-state index contributed by atoms with van der Waals surface area (Å²) in [6, 6.07) is 4.55. The van der Waals surface area contributed by atoms with Gasteiger partial charge in [-0.15, -0.1) is 0 Å². The molecule has 1 aromatic rings. The molecule has 90 valence electrons. The molecule has 0 radical (unpaired) electrons. The number of hydrogen-bond acceptors (Lipinski definition) is 0. The van der Waals surface area contributed by atoms with Crippen molar-refractivity contribution in [1.29, 1.82) is 0 Å². The van der Waals surface area contributed by atoms with Crippen molar-refractivity contribution in [1.82, 2.24) is 0 Å². The van der Waals surface area contributed by atoms with Crippen LogP contribution in [0.2, 0.25) is 0 Å². The third-order valence-electron chi connectivity index (χ3n) is 4.31. The predicted octanol–water partition coefficient (Wildman–Crippen LogP) is 4.78. The molecule has 2 rings (SSSR count). The van der Waals surface area contributed by atoms with Crippen molar-refractivity contribution in [3.8, 4) is 0 Å². The molecule has 17 heavy (non-hydrogen) atoms. The first-order chi connectivity index (χ1) is 7.94. The van der Waals surface area contributed by atoms with E-state index in [0.717, 1.165) is 6.42 Å². The minimum atomic E-state index is 0.145. The average molecular weight is 226 g/mol. The van der Waals surface area contributed by atoms with Crippen LogP contribution in [0.5, 0.6) is 0 Å². The van der Waals surface area contributed by atoms with Gasteiger partial charge in [-0.25, -0.2) is 0 Å². The summed E-state index contributed by atoms with van der Waals surface area (Å²) >= 11 is 0. The van der Waals surface area contributed by atoms with Crippen molar-refractivity contribution in [3.63, 3.8) is 0 Å². The van der Waals surface area contributed by atoms with Crippen LogP contribution in [0.15, 0.2) is 35.9 Å². The third-order valence-corrected chi connectivity index (χ3v) is 4.31. The second-order valence-corrected chi connectivity index (χ2v) is 5.63. The summed E-state index contributed by atoms with van der Waals surface area (Å²) in [5.74, 6) is 0. The van der Waals surface area contributed by atoms with E-state index in [0.29, 0.717) is 0 Å². The summed E-state index contributed by atoms with van der Waals surface area (Å²) in [6.07, 6.45) is 7.79. The average Bonchev–Trinajstić information content (AvgIpc) is 2.79. The molecule has 0 heterocycles. The van der Waals surface area contributed by atoms with Gasteiger partial charge in [-0.1, -0.05) is 49.8 Å². The second-order valence-electron chi connectivity index (χ2n) is 5.63. The molecule has 0 bridgehead atoms. The topological polar surface area (TPSA) is 0 Å². The molecule has 1 aromatic carbocycles. The fraction of sp³-hybridized carbons (Fsp3) is 0.412. The second kappa shape index (κ2) is 4.18. The van der Waals surface area contributed by atoms with E-state index in [9.17, 15) is 0 Å². The number of benzene rings is 1. The van der Waals surface area contributed by atoms with Crippen molar-refractivity contribution in [2.75, 3.05) is 0 Å². The van der Waals surface area contributed by atoms with E-state index < -0.39 is 0 Å². The van der Waals surface area contributed by atoms with Gasteiger partial charge in [0.25, 0.3) is 0 Å². The summed E-state index contributed by atoms with van der Waals surface area (Å²) < 4.78 is 0. The van der Waals surface area contributed by atoms with Gasteiger partial charge >= 0.3 is 0 Å². The standard InChI is InChI=1S/C17H22/c1-12-10-11-16(14(3)13(12)2)17(4,5)15-8-6-7-9-15/h6-8,10-11H,9H2,1-5H3. The highest BCUT2D eigenvalue weighted by atomic mass is 14.3. The summed E-state index contributed by atoms with van der Waals surface area (Å²) in [5, 5.41) is 0. The summed E-state index contributed by atoms with van der Waals surface area (Å²) in [7, 11) is 0. The number of allylic oxidation sites excluding steroid dienone is 4. The van der Waals surface area contributed by atoms with E-state index in [1.165, 1.54) is 27.8 Å². The summed E-state index contributed by atoms with van der Waals surface area (Å²) in [5.41, 5.74) is 7.40. The van der Waals surface area contributed by atoms with Crippen LogP contribution in [0.4, 0.5) is 0 Å². The monoisotopic (exact) mass is 226 g/mol. The molecule has 1 aliphatic carbocycles. The predicted molar refractivity (Wildman–Crippen MR) is 75.5 cm³/mol. The molecule has 0 amide bonds. The molecule has 0 saturated carbocycles. The minimum Gasteiger partial charge on any atom is -0.0804 e. The van der Waals surface area contributed by atoms with Crippen molar-refractivity contribution >= 4 is 0 Å². The van der Waals surface area contributed by atoms with Gasteiger partial charge in [-0.2, -0.15) is 0 Å². The van der Waals surface area contributed by atoms with Crippen molar-refractivity contribution < 1.29 is 0 Å². The number of aryl methyl sites for hydroxylation is 1. The van der Waals surface area contributed by atoms with Gasteiger partial charge in [0.1, 0.15) is 0 Å². The van der Waals surface area contributed by atoms with E-state index >= 15 is 0 Å². The van der Waals surface area contributed by atoms with Crippen LogP contribution in [-0.2, 0) is 5.41 Å². The largest absolute Gasteiger partial charge is 0.0804 e.